The molecule has 1 aliphatic heterocycles. The molecule has 1 N–H and O–H groups in total. The van der Waals surface area contributed by atoms with Crippen LogP contribution >= 0.6 is 0 Å². The standard InChI is InChI=1S/C19H23N5O3S/c1-23-13-21-16-12-20-19(11-17(16)23)22-15-10-14(6-7-18(15)27-2)28(25,26)24-8-4-3-5-9-24/h6-7,10-13H,3-5,8-9H2,1-2H3,(H,20,22). The van der Waals surface area contributed by atoms with Crippen LogP contribution in [0.5, 0.6) is 5.75 Å². The molecule has 148 valence electrons. The number of pyridine rings is 1. The monoisotopic (exact) mass is 401 g/mol. The first kappa shape index (κ1) is 18.7. The Labute approximate surface area is 164 Å². The minimum atomic E-state index is -3.53. The quantitative estimate of drug-likeness (QED) is 0.707. The number of hydrogen-bond acceptors (Lipinski definition) is 6. The third-order valence-electron chi connectivity index (χ3n) is 5.00. The number of ether oxygens (including phenoxy) is 1. The van der Waals surface area contributed by atoms with Gasteiger partial charge in [-0.2, -0.15) is 4.31 Å². The van der Waals surface area contributed by atoms with Crippen LogP contribution in [0.25, 0.3) is 11.0 Å². The van der Waals surface area contributed by atoms with Gasteiger partial charge in [0.15, 0.2) is 0 Å². The molecule has 1 fully saturated rings. The Kier molecular flexibility index (Phi) is 4.94. The molecule has 0 bridgehead atoms. The van der Waals surface area contributed by atoms with Crippen molar-refractivity contribution < 1.29 is 13.2 Å². The molecule has 28 heavy (non-hydrogen) atoms. The largest absolute Gasteiger partial charge is 0.495 e. The van der Waals surface area contributed by atoms with E-state index in [1.807, 2.05) is 17.7 Å². The zero-order valence-electron chi connectivity index (χ0n) is 15.9. The van der Waals surface area contributed by atoms with Crippen molar-refractivity contribution in [3.63, 3.8) is 0 Å². The van der Waals surface area contributed by atoms with Gasteiger partial charge in [-0.25, -0.2) is 18.4 Å². The molecule has 0 spiro atoms. The first-order chi connectivity index (χ1) is 13.5. The molecule has 0 saturated carbocycles. The van der Waals surface area contributed by atoms with E-state index in [1.165, 1.54) is 0 Å². The van der Waals surface area contributed by atoms with Gasteiger partial charge in [-0.15, -0.1) is 0 Å². The number of nitrogens with one attached hydrogen (secondary N) is 1. The molecule has 9 heteroatoms. The van der Waals surface area contributed by atoms with Gasteiger partial charge in [0, 0.05) is 26.2 Å². The summed E-state index contributed by atoms with van der Waals surface area (Å²) in [5.74, 6) is 1.13. The molecule has 0 amide bonds. The minimum absolute atomic E-state index is 0.249. The number of imidazole rings is 1. The highest BCUT2D eigenvalue weighted by Gasteiger charge is 2.26. The summed E-state index contributed by atoms with van der Waals surface area (Å²) >= 11 is 0. The van der Waals surface area contributed by atoms with Crippen molar-refractivity contribution in [2.24, 2.45) is 7.05 Å². The number of piperidine rings is 1. The number of rotatable bonds is 5. The van der Waals surface area contributed by atoms with Crippen molar-refractivity contribution in [1.29, 1.82) is 0 Å². The van der Waals surface area contributed by atoms with E-state index in [9.17, 15) is 8.42 Å². The Hall–Kier alpha value is -2.65. The van der Waals surface area contributed by atoms with E-state index in [0.29, 0.717) is 30.3 Å². The molecule has 8 nitrogen and oxygen atoms in total. The van der Waals surface area contributed by atoms with E-state index in [1.54, 1.807) is 42.1 Å². The summed E-state index contributed by atoms with van der Waals surface area (Å²) in [7, 11) is -0.0701. The van der Waals surface area contributed by atoms with Crippen LogP contribution < -0.4 is 10.1 Å². The summed E-state index contributed by atoms with van der Waals surface area (Å²) in [4.78, 5) is 8.88. The van der Waals surface area contributed by atoms with Crippen molar-refractivity contribution in [2.75, 3.05) is 25.5 Å². The van der Waals surface area contributed by atoms with Gasteiger partial charge in [0.2, 0.25) is 10.0 Å². The second kappa shape index (κ2) is 7.40. The number of sulfonamides is 1. The Bertz CT molecular complexity index is 1100. The number of benzene rings is 1. The third-order valence-corrected chi connectivity index (χ3v) is 6.89. The van der Waals surface area contributed by atoms with Crippen LogP contribution in [-0.4, -0.2) is 47.5 Å². The van der Waals surface area contributed by atoms with Crippen LogP contribution in [0, 0.1) is 0 Å². The maximum absolute atomic E-state index is 13.0. The third kappa shape index (κ3) is 3.43. The second-order valence-electron chi connectivity index (χ2n) is 6.87. The van der Waals surface area contributed by atoms with Gasteiger partial charge in [-0.05, 0) is 31.0 Å². The Morgan fingerprint density at radius 2 is 1.89 bits per heavy atom. The van der Waals surface area contributed by atoms with Crippen molar-refractivity contribution in [1.82, 2.24) is 18.8 Å². The zero-order chi connectivity index (χ0) is 19.7. The topological polar surface area (TPSA) is 89.3 Å². The average molecular weight is 401 g/mol. The lowest BCUT2D eigenvalue weighted by molar-refractivity contribution is 0.346. The molecule has 3 heterocycles. The lowest BCUT2D eigenvalue weighted by atomic mass is 10.2. The number of anilines is 2. The first-order valence-corrected chi connectivity index (χ1v) is 10.7. The molecule has 4 rings (SSSR count). The first-order valence-electron chi connectivity index (χ1n) is 9.21. The van der Waals surface area contributed by atoms with Crippen molar-refractivity contribution >= 4 is 32.6 Å². The van der Waals surface area contributed by atoms with E-state index < -0.39 is 10.0 Å². The van der Waals surface area contributed by atoms with E-state index in [4.69, 9.17) is 4.74 Å². The molecular formula is C19H23N5O3S. The van der Waals surface area contributed by atoms with Crippen molar-refractivity contribution in [2.45, 2.75) is 24.2 Å². The van der Waals surface area contributed by atoms with Gasteiger partial charge in [-0.1, -0.05) is 6.42 Å². The Morgan fingerprint density at radius 3 is 2.64 bits per heavy atom. The molecule has 2 aromatic heterocycles. The fourth-order valence-electron chi connectivity index (χ4n) is 3.44. The number of methoxy groups -OCH3 is 1. The number of nitrogens with zero attached hydrogens (tertiary/aromatic N) is 4. The van der Waals surface area contributed by atoms with Crippen LogP contribution in [0.2, 0.25) is 0 Å². The van der Waals surface area contributed by atoms with Gasteiger partial charge in [0.1, 0.15) is 17.1 Å². The van der Waals surface area contributed by atoms with Gasteiger partial charge in [0.25, 0.3) is 0 Å². The van der Waals surface area contributed by atoms with Gasteiger partial charge >= 0.3 is 0 Å². The summed E-state index contributed by atoms with van der Waals surface area (Å²) in [6, 6.07) is 6.74. The molecule has 1 aliphatic rings. The zero-order valence-corrected chi connectivity index (χ0v) is 16.7. The van der Waals surface area contributed by atoms with Gasteiger partial charge in [-0.3, -0.25) is 0 Å². The number of hydrogen-bond donors (Lipinski definition) is 1. The fourth-order valence-corrected chi connectivity index (χ4v) is 4.98. The predicted molar refractivity (Wildman–Crippen MR) is 107 cm³/mol. The summed E-state index contributed by atoms with van der Waals surface area (Å²) in [6.45, 7) is 1.13. The lowest BCUT2D eigenvalue weighted by Gasteiger charge is -2.26. The molecular weight excluding hydrogens is 378 g/mol. The maximum Gasteiger partial charge on any atom is 0.243 e. The average Bonchev–Trinajstić information content (AvgIpc) is 3.09. The maximum atomic E-state index is 13.0. The van der Waals surface area contributed by atoms with E-state index in [2.05, 4.69) is 15.3 Å². The van der Waals surface area contributed by atoms with Crippen molar-refractivity contribution in [3.05, 3.63) is 36.8 Å². The van der Waals surface area contributed by atoms with Crippen LogP contribution in [0.1, 0.15) is 19.3 Å². The predicted octanol–water partition coefficient (Wildman–Crippen LogP) is 2.90. The highest BCUT2D eigenvalue weighted by molar-refractivity contribution is 7.89. The Morgan fingerprint density at radius 1 is 1.11 bits per heavy atom. The van der Waals surface area contributed by atoms with Crippen LogP contribution in [0.4, 0.5) is 11.5 Å². The van der Waals surface area contributed by atoms with E-state index >= 15 is 0 Å². The van der Waals surface area contributed by atoms with Crippen LogP contribution in [0.3, 0.4) is 0 Å². The highest BCUT2D eigenvalue weighted by atomic mass is 32.2. The SMILES string of the molecule is COc1ccc(S(=O)(=O)N2CCCCC2)cc1Nc1cc2c(cn1)ncn2C. The molecule has 0 radical (unpaired) electrons. The fraction of sp³-hybridized carbons (Fsp3) is 0.368. The summed E-state index contributed by atoms with van der Waals surface area (Å²) in [6.07, 6.45) is 6.27. The number of fused-ring (bicyclic) bond motifs is 1. The number of aryl methyl sites for hydroxylation is 1. The van der Waals surface area contributed by atoms with Crippen LogP contribution in [0.15, 0.2) is 41.7 Å². The summed E-state index contributed by atoms with van der Waals surface area (Å²) in [5.41, 5.74) is 2.27. The van der Waals surface area contributed by atoms with Crippen LogP contribution in [-0.2, 0) is 17.1 Å². The summed E-state index contributed by atoms with van der Waals surface area (Å²) < 4.78 is 34.9. The molecule has 3 aromatic rings. The normalized spacial score (nSPS) is 15.6. The molecule has 0 atom stereocenters. The second-order valence-corrected chi connectivity index (χ2v) is 8.80. The highest BCUT2D eigenvalue weighted by Crippen LogP contribution is 2.32. The van der Waals surface area contributed by atoms with Gasteiger partial charge in [0.05, 0.1) is 35.7 Å². The van der Waals surface area contributed by atoms with Gasteiger partial charge < -0.3 is 14.6 Å². The van der Waals surface area contributed by atoms with Crippen molar-refractivity contribution in [3.8, 4) is 5.75 Å². The molecule has 0 aliphatic carbocycles. The van der Waals surface area contributed by atoms with E-state index in [0.717, 1.165) is 30.3 Å². The van der Waals surface area contributed by atoms with E-state index in [-0.39, 0.29) is 4.90 Å². The molecule has 1 aromatic carbocycles. The summed E-state index contributed by atoms with van der Waals surface area (Å²) in [5, 5.41) is 3.19. The Balaban J connectivity index is 1.69. The number of aromatic nitrogens is 3. The minimum Gasteiger partial charge on any atom is -0.495 e. The molecule has 0 unspecified atom stereocenters. The smallest absolute Gasteiger partial charge is 0.243 e. The lowest BCUT2D eigenvalue weighted by Crippen LogP contribution is -2.35. The molecule has 1 saturated heterocycles.